The molecule has 0 radical (unpaired) electrons. The summed E-state index contributed by atoms with van der Waals surface area (Å²) in [6.45, 7) is 19.6. The van der Waals surface area contributed by atoms with Gasteiger partial charge in [0.2, 0.25) is 0 Å². The highest BCUT2D eigenvalue weighted by molar-refractivity contribution is 6.14. The van der Waals surface area contributed by atoms with Crippen LogP contribution >= 0.6 is 0 Å². The van der Waals surface area contributed by atoms with E-state index in [4.69, 9.17) is 0 Å². The monoisotopic (exact) mass is 939 g/mol. The fraction of sp³-hybridized carbons (Fsp3) is 0.129. The Kier molecular flexibility index (Phi) is 10.9. The summed E-state index contributed by atoms with van der Waals surface area (Å²) >= 11 is 0. The number of aryl methyl sites for hydroxylation is 9. The molecule has 0 spiro atoms. The maximum absolute atomic E-state index is 11.3. The third-order valence-electron chi connectivity index (χ3n) is 15.4. The van der Waals surface area contributed by atoms with Crippen molar-refractivity contribution in [2.24, 2.45) is 0 Å². The van der Waals surface area contributed by atoms with Crippen LogP contribution in [0.5, 0.6) is 0 Å². The zero-order valence-electron chi connectivity index (χ0n) is 43.2. The maximum atomic E-state index is 11.3. The molecule has 73 heavy (non-hydrogen) atoms. The van der Waals surface area contributed by atoms with Gasteiger partial charge in [-0.05, 0) is 196 Å². The van der Waals surface area contributed by atoms with Crippen molar-refractivity contribution in [1.29, 1.82) is 5.26 Å². The number of nitrogens with zero attached hydrogens (tertiary/aromatic N) is 3. The van der Waals surface area contributed by atoms with Gasteiger partial charge in [-0.3, -0.25) is 0 Å². The Hall–Kier alpha value is -8.71. The average Bonchev–Trinajstić information content (AvgIpc) is 3.88. The average molecular weight is 940 g/mol. The standard InChI is InChI=1S/C70H57N3/c1-41-13-22-55(46(6)31-41)50-18-27-66-61(36-50)62-37-51(56-23-14-42(2)32-47(56)7)19-28-67(62)72(66)65-26-17-45(5)35-60(65)59-12-10-11-54(40-71)70(59)73-68-29-20-52(57-24-15-43(3)33-48(57)8)38-63(68)64-39-53(21-30-69(64)73)58-25-16-44(4)34-49(58)9/h10-39H,1-9H3. The van der Waals surface area contributed by atoms with E-state index < -0.39 is 0 Å². The molecule has 3 heteroatoms. The van der Waals surface area contributed by atoms with Crippen LogP contribution in [0.2, 0.25) is 0 Å². The molecule has 0 aliphatic heterocycles. The van der Waals surface area contributed by atoms with Crippen LogP contribution in [0.25, 0.3) is 111 Å². The Morgan fingerprint density at radius 3 is 1.00 bits per heavy atom. The lowest BCUT2D eigenvalue weighted by molar-refractivity contribution is 1.15. The van der Waals surface area contributed by atoms with Gasteiger partial charge in [0.15, 0.2) is 0 Å². The number of fused-ring (bicyclic) bond motifs is 6. The summed E-state index contributed by atoms with van der Waals surface area (Å²) in [5.41, 5.74) is 29.7. The Morgan fingerprint density at radius 1 is 0.301 bits per heavy atom. The smallest absolute Gasteiger partial charge is 0.101 e. The van der Waals surface area contributed by atoms with Crippen LogP contribution in [0.4, 0.5) is 0 Å². The van der Waals surface area contributed by atoms with Gasteiger partial charge in [0.1, 0.15) is 6.07 Å². The molecule has 0 unspecified atom stereocenters. The highest BCUT2D eigenvalue weighted by atomic mass is 15.0. The molecule has 2 heterocycles. The first-order chi connectivity index (χ1) is 35.3. The van der Waals surface area contributed by atoms with Gasteiger partial charge in [0.05, 0.1) is 39.0 Å². The van der Waals surface area contributed by atoms with Crippen molar-refractivity contribution in [1.82, 2.24) is 9.13 Å². The highest BCUT2D eigenvalue weighted by Gasteiger charge is 2.24. The molecule has 0 fully saturated rings. The van der Waals surface area contributed by atoms with Gasteiger partial charge >= 0.3 is 0 Å². The third kappa shape index (κ3) is 7.65. The summed E-state index contributed by atoms with van der Waals surface area (Å²) in [5, 5.41) is 15.9. The van der Waals surface area contributed by atoms with Crippen LogP contribution in [-0.4, -0.2) is 9.13 Å². The first kappa shape index (κ1) is 45.4. The second-order valence-electron chi connectivity index (χ2n) is 20.7. The molecule has 0 amide bonds. The molecule has 0 bridgehead atoms. The molecule has 0 saturated heterocycles. The molecular formula is C70H57N3. The molecule has 0 aliphatic carbocycles. The van der Waals surface area contributed by atoms with Crippen molar-refractivity contribution < 1.29 is 0 Å². The van der Waals surface area contributed by atoms with Crippen molar-refractivity contribution in [2.45, 2.75) is 62.3 Å². The van der Waals surface area contributed by atoms with Gasteiger partial charge in [-0.25, -0.2) is 0 Å². The van der Waals surface area contributed by atoms with Crippen molar-refractivity contribution in [3.8, 4) is 73.1 Å². The van der Waals surface area contributed by atoms with Gasteiger partial charge in [0.25, 0.3) is 0 Å². The molecule has 2 aromatic heterocycles. The maximum Gasteiger partial charge on any atom is 0.101 e. The molecule has 0 N–H and O–H groups in total. The fourth-order valence-corrected chi connectivity index (χ4v) is 11.9. The number of aromatic nitrogens is 2. The van der Waals surface area contributed by atoms with E-state index in [9.17, 15) is 5.26 Å². The Bertz CT molecular complexity index is 4100. The van der Waals surface area contributed by atoms with E-state index in [0.29, 0.717) is 5.56 Å². The predicted molar refractivity (Wildman–Crippen MR) is 310 cm³/mol. The Balaban J connectivity index is 1.14. The molecule has 0 saturated carbocycles. The number of nitriles is 1. The molecule has 12 aromatic rings. The highest BCUT2D eigenvalue weighted by Crippen LogP contribution is 2.45. The Labute approximate surface area is 428 Å². The SMILES string of the molecule is Cc1ccc(-c2ccc3c(c2)c2cc(-c4ccc(C)cc4C)ccc2n3-c2ccc(C)cc2-c2cccc(C#N)c2-n2c3ccc(-c4ccc(C)cc4C)cc3c3cc(-c4ccc(C)cc4C)ccc32)c(C)c1. The summed E-state index contributed by atoms with van der Waals surface area (Å²) in [6, 6.07) is 70.4. The largest absolute Gasteiger partial charge is 0.309 e. The van der Waals surface area contributed by atoms with E-state index in [1.165, 1.54) is 99.8 Å². The van der Waals surface area contributed by atoms with Crippen molar-refractivity contribution in [3.63, 3.8) is 0 Å². The van der Waals surface area contributed by atoms with E-state index in [1.807, 2.05) is 12.1 Å². The molecular weight excluding hydrogens is 883 g/mol. The molecule has 352 valence electrons. The Morgan fingerprint density at radius 2 is 0.644 bits per heavy atom. The van der Waals surface area contributed by atoms with Crippen LogP contribution in [0, 0.1) is 73.6 Å². The predicted octanol–water partition coefficient (Wildman–Crippen LogP) is 18.9. The lowest BCUT2D eigenvalue weighted by Gasteiger charge is -2.20. The normalized spacial score (nSPS) is 11.6. The number of hydrogen-bond donors (Lipinski definition) is 0. The molecule has 3 nitrogen and oxygen atoms in total. The topological polar surface area (TPSA) is 33.6 Å². The van der Waals surface area contributed by atoms with Gasteiger partial charge in [-0.1, -0.05) is 143 Å². The second-order valence-corrected chi connectivity index (χ2v) is 20.7. The molecule has 12 rings (SSSR count). The number of hydrogen-bond acceptors (Lipinski definition) is 1. The summed E-state index contributed by atoms with van der Waals surface area (Å²) in [4.78, 5) is 0. The van der Waals surface area contributed by atoms with Crippen LogP contribution in [-0.2, 0) is 0 Å². The summed E-state index contributed by atoms with van der Waals surface area (Å²) in [5.74, 6) is 0. The van der Waals surface area contributed by atoms with Gasteiger partial charge < -0.3 is 9.13 Å². The van der Waals surface area contributed by atoms with Crippen molar-refractivity contribution in [3.05, 3.63) is 238 Å². The van der Waals surface area contributed by atoms with Crippen LogP contribution in [0.15, 0.2) is 182 Å². The first-order valence-electron chi connectivity index (χ1n) is 25.5. The summed E-state index contributed by atoms with van der Waals surface area (Å²) in [7, 11) is 0. The van der Waals surface area contributed by atoms with Crippen LogP contribution in [0.1, 0.15) is 55.6 Å². The van der Waals surface area contributed by atoms with Crippen LogP contribution in [0.3, 0.4) is 0 Å². The lowest BCUT2D eigenvalue weighted by Crippen LogP contribution is -2.04. The molecule has 10 aromatic carbocycles. The minimum absolute atomic E-state index is 0.610. The van der Waals surface area contributed by atoms with E-state index in [0.717, 1.165) is 60.9 Å². The van der Waals surface area contributed by atoms with Crippen LogP contribution < -0.4 is 0 Å². The van der Waals surface area contributed by atoms with Crippen molar-refractivity contribution in [2.75, 3.05) is 0 Å². The first-order valence-corrected chi connectivity index (χ1v) is 25.5. The van der Waals surface area contributed by atoms with E-state index >= 15 is 0 Å². The molecule has 0 aliphatic rings. The number of rotatable bonds is 7. The summed E-state index contributed by atoms with van der Waals surface area (Å²) in [6.07, 6.45) is 0. The summed E-state index contributed by atoms with van der Waals surface area (Å²) < 4.78 is 4.82. The number of para-hydroxylation sites is 1. The van der Waals surface area contributed by atoms with Gasteiger partial charge in [-0.15, -0.1) is 0 Å². The fourth-order valence-electron chi connectivity index (χ4n) is 11.9. The zero-order chi connectivity index (χ0) is 50.4. The van der Waals surface area contributed by atoms with Gasteiger partial charge in [-0.2, -0.15) is 5.26 Å². The molecule has 0 atom stereocenters. The zero-order valence-corrected chi connectivity index (χ0v) is 43.2. The van der Waals surface area contributed by atoms with E-state index in [2.05, 4.69) is 247 Å². The lowest BCUT2D eigenvalue weighted by atomic mass is 9.95. The number of benzene rings is 10. The third-order valence-corrected chi connectivity index (χ3v) is 15.4. The van der Waals surface area contributed by atoms with Gasteiger partial charge in [0, 0.05) is 32.7 Å². The van der Waals surface area contributed by atoms with E-state index in [-0.39, 0.29) is 0 Å². The van der Waals surface area contributed by atoms with Crippen molar-refractivity contribution >= 4 is 43.6 Å². The quantitative estimate of drug-likeness (QED) is 0.157. The van der Waals surface area contributed by atoms with E-state index in [1.54, 1.807) is 0 Å². The minimum Gasteiger partial charge on any atom is -0.309 e. The minimum atomic E-state index is 0.610. The second kappa shape index (κ2) is 17.5.